The number of anilines is 1. The number of nitrogens with one attached hydrogen (secondary N) is 1. The number of carbonyl (C=O) groups excluding carboxylic acids is 1. The quantitative estimate of drug-likeness (QED) is 0.280. The summed E-state index contributed by atoms with van der Waals surface area (Å²) in [5.74, 6) is -2.45. The number of aliphatic hydroxyl groups is 5. The molecule has 9 nitrogen and oxygen atoms in total. The molecule has 1 fully saturated rings. The number of rotatable bonds is 6. The molecule has 0 aliphatic carbocycles. The highest BCUT2D eigenvalue weighted by atomic mass is 16.6. The fraction of sp³-hybridized carbons (Fsp3) is 0.529. The van der Waals surface area contributed by atoms with Crippen molar-refractivity contribution in [2.24, 2.45) is 0 Å². The Labute approximate surface area is 151 Å². The molecule has 1 saturated heterocycles. The third-order valence-corrected chi connectivity index (χ3v) is 4.23. The maximum Gasteiger partial charge on any atom is 0.217 e. The van der Waals surface area contributed by atoms with E-state index in [2.05, 4.69) is 5.32 Å². The average molecular weight is 369 g/mol. The SMILES string of the molecule is CC(=O)N[C@H]1[C@H]([C@H](O)[C@H](O)CO)O[C@](O)([CH]c2ccc(N)cc2)C[C@@H]1O. The van der Waals surface area contributed by atoms with Crippen LogP contribution in [0.5, 0.6) is 0 Å². The van der Waals surface area contributed by atoms with Crippen molar-refractivity contribution in [3.05, 3.63) is 36.2 Å². The zero-order valence-electron chi connectivity index (χ0n) is 14.3. The van der Waals surface area contributed by atoms with Gasteiger partial charge in [0, 0.05) is 25.5 Å². The summed E-state index contributed by atoms with van der Waals surface area (Å²) in [4.78, 5) is 11.4. The first kappa shape index (κ1) is 20.6. The lowest BCUT2D eigenvalue weighted by atomic mass is 9.86. The van der Waals surface area contributed by atoms with E-state index < -0.39 is 48.8 Å². The van der Waals surface area contributed by atoms with Gasteiger partial charge in [-0.1, -0.05) is 12.1 Å². The van der Waals surface area contributed by atoms with Gasteiger partial charge in [0.2, 0.25) is 5.91 Å². The van der Waals surface area contributed by atoms with E-state index in [1.807, 2.05) is 0 Å². The van der Waals surface area contributed by atoms with Gasteiger partial charge in [0.1, 0.15) is 18.3 Å². The molecule has 26 heavy (non-hydrogen) atoms. The van der Waals surface area contributed by atoms with Crippen LogP contribution in [0, 0.1) is 6.42 Å². The largest absolute Gasteiger partial charge is 0.399 e. The van der Waals surface area contributed by atoms with Crippen molar-refractivity contribution >= 4 is 11.6 Å². The predicted molar refractivity (Wildman–Crippen MR) is 91.4 cm³/mol. The Bertz CT molecular complexity index is 612. The van der Waals surface area contributed by atoms with E-state index in [0.29, 0.717) is 11.3 Å². The molecule has 1 aromatic rings. The number of carbonyl (C=O) groups is 1. The van der Waals surface area contributed by atoms with E-state index in [4.69, 9.17) is 15.6 Å². The Hall–Kier alpha value is -1.75. The predicted octanol–water partition coefficient (Wildman–Crippen LogP) is -2.12. The summed E-state index contributed by atoms with van der Waals surface area (Å²) in [6.45, 7) is 0.462. The standard InChI is InChI=1S/C17H25N2O7/c1-9(21)19-14-12(22)7-17(25,6-10-2-4-11(18)5-3-10)26-16(14)15(24)13(23)8-20/h2-6,12-16,20,22-25H,7-8,18H2,1H3,(H,19,21)/t12-,13+,14+,15+,16+,17+/m0/s1. The van der Waals surface area contributed by atoms with Gasteiger partial charge in [-0.2, -0.15) is 0 Å². The van der Waals surface area contributed by atoms with E-state index in [1.165, 1.54) is 13.3 Å². The van der Waals surface area contributed by atoms with Gasteiger partial charge in [-0.15, -0.1) is 0 Å². The maximum absolute atomic E-state index is 11.4. The lowest BCUT2D eigenvalue weighted by Crippen LogP contribution is -2.65. The van der Waals surface area contributed by atoms with Crippen molar-refractivity contribution in [2.75, 3.05) is 12.3 Å². The first-order valence-corrected chi connectivity index (χ1v) is 8.19. The van der Waals surface area contributed by atoms with Crippen molar-refractivity contribution in [3.63, 3.8) is 0 Å². The molecule has 1 aromatic carbocycles. The fourth-order valence-electron chi connectivity index (χ4n) is 2.97. The highest BCUT2D eigenvalue weighted by Crippen LogP contribution is 2.34. The zero-order valence-corrected chi connectivity index (χ0v) is 14.3. The lowest BCUT2D eigenvalue weighted by Gasteiger charge is -2.46. The van der Waals surface area contributed by atoms with Crippen LogP contribution in [-0.4, -0.2) is 74.3 Å². The number of aliphatic hydroxyl groups excluding tert-OH is 4. The van der Waals surface area contributed by atoms with Crippen LogP contribution in [0.2, 0.25) is 0 Å². The Morgan fingerprint density at radius 3 is 2.58 bits per heavy atom. The molecule has 1 aliphatic heterocycles. The summed E-state index contributed by atoms with van der Waals surface area (Å²) in [6, 6.07) is 5.43. The summed E-state index contributed by atoms with van der Waals surface area (Å²) in [6.07, 6.45) is -4.81. The summed E-state index contributed by atoms with van der Waals surface area (Å²) in [7, 11) is 0. The molecule has 1 radical (unpaired) electrons. The molecule has 0 saturated carbocycles. The highest BCUT2D eigenvalue weighted by Gasteiger charge is 2.50. The van der Waals surface area contributed by atoms with Crippen molar-refractivity contribution in [1.29, 1.82) is 0 Å². The molecule has 0 aromatic heterocycles. The van der Waals surface area contributed by atoms with Crippen LogP contribution in [0.25, 0.3) is 0 Å². The minimum Gasteiger partial charge on any atom is -0.399 e. The van der Waals surface area contributed by atoms with Gasteiger partial charge < -0.3 is 41.3 Å². The second-order valence-corrected chi connectivity index (χ2v) is 6.48. The molecular weight excluding hydrogens is 344 g/mol. The molecule has 1 aliphatic rings. The average Bonchev–Trinajstić information content (AvgIpc) is 2.57. The number of benzene rings is 1. The van der Waals surface area contributed by atoms with E-state index in [9.17, 15) is 25.2 Å². The molecule has 8 N–H and O–H groups in total. The fourth-order valence-corrected chi connectivity index (χ4v) is 2.97. The Kier molecular flexibility index (Phi) is 6.56. The van der Waals surface area contributed by atoms with Crippen LogP contribution in [-0.2, 0) is 9.53 Å². The molecule has 1 heterocycles. The smallest absolute Gasteiger partial charge is 0.217 e. The Balaban J connectivity index is 2.25. The van der Waals surface area contributed by atoms with E-state index in [1.54, 1.807) is 24.3 Å². The molecular formula is C17H25N2O7. The van der Waals surface area contributed by atoms with Gasteiger partial charge in [-0.25, -0.2) is 0 Å². The van der Waals surface area contributed by atoms with Gasteiger partial charge in [-0.3, -0.25) is 4.79 Å². The third kappa shape index (κ3) is 4.91. The van der Waals surface area contributed by atoms with Crippen molar-refractivity contribution in [3.8, 4) is 0 Å². The van der Waals surface area contributed by atoms with E-state index in [-0.39, 0.29) is 6.42 Å². The topological polar surface area (TPSA) is 166 Å². The number of nitrogen functional groups attached to an aromatic ring is 1. The van der Waals surface area contributed by atoms with Gasteiger partial charge in [0.05, 0.1) is 18.8 Å². The Morgan fingerprint density at radius 1 is 1.42 bits per heavy atom. The summed E-state index contributed by atoms with van der Waals surface area (Å²) >= 11 is 0. The first-order chi connectivity index (χ1) is 12.1. The summed E-state index contributed by atoms with van der Waals surface area (Å²) in [5.41, 5.74) is 6.71. The van der Waals surface area contributed by atoms with E-state index in [0.717, 1.165) is 0 Å². The number of amides is 1. The van der Waals surface area contributed by atoms with Crippen molar-refractivity contribution in [1.82, 2.24) is 5.32 Å². The third-order valence-electron chi connectivity index (χ3n) is 4.23. The molecule has 2 rings (SSSR count). The molecule has 0 unspecified atom stereocenters. The van der Waals surface area contributed by atoms with Crippen LogP contribution in [0.15, 0.2) is 24.3 Å². The number of nitrogens with two attached hydrogens (primary N) is 1. The van der Waals surface area contributed by atoms with Crippen LogP contribution < -0.4 is 11.1 Å². The minimum atomic E-state index is -1.97. The molecule has 9 heteroatoms. The van der Waals surface area contributed by atoms with Crippen LogP contribution >= 0.6 is 0 Å². The number of hydrogen-bond donors (Lipinski definition) is 7. The van der Waals surface area contributed by atoms with Gasteiger partial charge in [-0.05, 0) is 17.7 Å². The number of hydrogen-bond acceptors (Lipinski definition) is 8. The second kappa shape index (κ2) is 8.30. The molecule has 145 valence electrons. The van der Waals surface area contributed by atoms with E-state index >= 15 is 0 Å². The number of ether oxygens (including phenoxy) is 1. The molecule has 0 spiro atoms. The second-order valence-electron chi connectivity index (χ2n) is 6.48. The summed E-state index contributed by atoms with van der Waals surface area (Å²) in [5, 5.41) is 52.6. The maximum atomic E-state index is 11.4. The molecule has 6 atom stereocenters. The van der Waals surface area contributed by atoms with Gasteiger partial charge >= 0.3 is 0 Å². The van der Waals surface area contributed by atoms with Crippen molar-refractivity contribution in [2.45, 2.75) is 49.6 Å². The zero-order chi connectivity index (χ0) is 19.5. The minimum absolute atomic E-state index is 0.277. The highest BCUT2D eigenvalue weighted by molar-refractivity contribution is 5.73. The normalized spacial score (nSPS) is 31.2. The van der Waals surface area contributed by atoms with Crippen LogP contribution in [0.1, 0.15) is 18.9 Å². The first-order valence-electron chi connectivity index (χ1n) is 8.19. The summed E-state index contributed by atoms with van der Waals surface area (Å²) < 4.78 is 5.55. The lowest BCUT2D eigenvalue weighted by molar-refractivity contribution is -0.283. The molecule has 0 bridgehead atoms. The van der Waals surface area contributed by atoms with Gasteiger partial charge in [0.15, 0.2) is 5.79 Å². The van der Waals surface area contributed by atoms with Gasteiger partial charge in [0.25, 0.3) is 0 Å². The van der Waals surface area contributed by atoms with Crippen molar-refractivity contribution < 1.29 is 35.1 Å². The molecule has 1 amide bonds. The monoisotopic (exact) mass is 369 g/mol. The van der Waals surface area contributed by atoms with Crippen LogP contribution in [0.3, 0.4) is 0 Å². The Morgan fingerprint density at radius 2 is 2.04 bits per heavy atom. The van der Waals surface area contributed by atoms with Crippen LogP contribution in [0.4, 0.5) is 5.69 Å².